The highest BCUT2D eigenvalue weighted by molar-refractivity contribution is 6.13. The molecule has 0 fully saturated rings. The Kier molecular flexibility index (Phi) is 6.77. The molecule has 0 saturated heterocycles. The third-order valence-electron chi connectivity index (χ3n) is 1.28. The SMILES string of the molecule is COc1cccc(OC)c1.O[B]O. The lowest BCUT2D eigenvalue weighted by Gasteiger charge is -2.01. The number of benzene rings is 1. The van der Waals surface area contributed by atoms with Crippen molar-refractivity contribution in [1.82, 2.24) is 0 Å². The van der Waals surface area contributed by atoms with Crippen molar-refractivity contribution >= 4 is 7.69 Å². The van der Waals surface area contributed by atoms with E-state index in [1.165, 1.54) is 0 Å². The molecule has 5 heteroatoms. The van der Waals surface area contributed by atoms with Crippen LogP contribution >= 0.6 is 0 Å². The fraction of sp³-hybridized carbons (Fsp3) is 0.250. The third kappa shape index (κ3) is 5.11. The summed E-state index contributed by atoms with van der Waals surface area (Å²) in [6.07, 6.45) is 0. The number of ether oxygens (including phenoxy) is 2. The highest BCUT2D eigenvalue weighted by atomic mass is 16.5. The van der Waals surface area contributed by atoms with Crippen molar-refractivity contribution in [2.24, 2.45) is 0 Å². The monoisotopic (exact) mass is 183 g/mol. The van der Waals surface area contributed by atoms with Gasteiger partial charge in [0.25, 0.3) is 0 Å². The molecule has 1 rings (SSSR count). The third-order valence-corrected chi connectivity index (χ3v) is 1.28. The second kappa shape index (κ2) is 7.45. The van der Waals surface area contributed by atoms with Gasteiger partial charge >= 0.3 is 7.69 Å². The van der Waals surface area contributed by atoms with Crippen LogP contribution in [-0.2, 0) is 0 Å². The molecule has 1 aromatic carbocycles. The molecule has 0 aromatic heterocycles. The molecule has 2 N–H and O–H groups in total. The Hall–Kier alpha value is -1.20. The Balaban J connectivity index is 0.000000424. The van der Waals surface area contributed by atoms with Crippen molar-refractivity contribution in [3.05, 3.63) is 24.3 Å². The molecule has 1 aromatic rings. The fourth-order valence-electron chi connectivity index (χ4n) is 0.728. The molecule has 0 aliphatic carbocycles. The Morgan fingerprint density at radius 2 is 1.46 bits per heavy atom. The average Bonchev–Trinajstić information content (AvgIpc) is 2.19. The molecule has 0 amide bonds. The van der Waals surface area contributed by atoms with Crippen molar-refractivity contribution < 1.29 is 19.5 Å². The van der Waals surface area contributed by atoms with Gasteiger partial charge < -0.3 is 19.5 Å². The topological polar surface area (TPSA) is 58.9 Å². The van der Waals surface area contributed by atoms with E-state index in [1.54, 1.807) is 14.2 Å². The second-order valence-electron chi connectivity index (χ2n) is 2.00. The van der Waals surface area contributed by atoms with E-state index in [-0.39, 0.29) is 7.69 Å². The van der Waals surface area contributed by atoms with Crippen molar-refractivity contribution in [2.75, 3.05) is 14.2 Å². The highest BCUT2D eigenvalue weighted by Gasteiger charge is 1.91. The van der Waals surface area contributed by atoms with Gasteiger partial charge in [0.15, 0.2) is 0 Å². The molecule has 0 atom stereocenters. The van der Waals surface area contributed by atoms with Crippen LogP contribution in [0.4, 0.5) is 0 Å². The average molecular weight is 183 g/mol. The zero-order chi connectivity index (χ0) is 10.1. The van der Waals surface area contributed by atoms with Crippen molar-refractivity contribution in [2.45, 2.75) is 0 Å². The minimum absolute atomic E-state index is 0. The van der Waals surface area contributed by atoms with Crippen molar-refractivity contribution in [3.8, 4) is 11.5 Å². The van der Waals surface area contributed by atoms with E-state index >= 15 is 0 Å². The predicted molar refractivity (Wildman–Crippen MR) is 49.7 cm³/mol. The molecule has 0 saturated carbocycles. The normalized spacial score (nSPS) is 8.00. The summed E-state index contributed by atoms with van der Waals surface area (Å²) in [4.78, 5) is 0. The summed E-state index contributed by atoms with van der Waals surface area (Å²) in [5.41, 5.74) is 0. The summed E-state index contributed by atoms with van der Waals surface area (Å²) in [6.45, 7) is 0. The van der Waals surface area contributed by atoms with Crippen molar-refractivity contribution in [1.29, 1.82) is 0 Å². The number of hydrogen-bond donors (Lipinski definition) is 2. The maximum atomic E-state index is 7.00. The van der Waals surface area contributed by atoms with E-state index in [1.807, 2.05) is 24.3 Å². The van der Waals surface area contributed by atoms with E-state index in [4.69, 9.17) is 19.5 Å². The van der Waals surface area contributed by atoms with Crippen LogP contribution in [0.3, 0.4) is 0 Å². The van der Waals surface area contributed by atoms with E-state index in [2.05, 4.69) is 0 Å². The van der Waals surface area contributed by atoms with Crippen LogP contribution in [-0.4, -0.2) is 32.0 Å². The Labute approximate surface area is 78.0 Å². The van der Waals surface area contributed by atoms with Crippen LogP contribution in [0.2, 0.25) is 0 Å². The Bertz CT molecular complexity index is 210. The van der Waals surface area contributed by atoms with Gasteiger partial charge in [0.1, 0.15) is 11.5 Å². The van der Waals surface area contributed by atoms with Gasteiger partial charge in [0, 0.05) is 6.07 Å². The van der Waals surface area contributed by atoms with E-state index in [0.717, 1.165) is 11.5 Å². The van der Waals surface area contributed by atoms with Crippen LogP contribution in [0, 0.1) is 0 Å². The van der Waals surface area contributed by atoms with Gasteiger partial charge in [0.05, 0.1) is 14.2 Å². The number of hydrogen-bond acceptors (Lipinski definition) is 4. The molecular weight excluding hydrogens is 171 g/mol. The van der Waals surface area contributed by atoms with Crippen LogP contribution in [0.1, 0.15) is 0 Å². The summed E-state index contributed by atoms with van der Waals surface area (Å²) < 4.78 is 9.95. The molecule has 4 nitrogen and oxygen atoms in total. The first kappa shape index (κ1) is 11.8. The largest absolute Gasteiger partial charge is 0.497 e. The van der Waals surface area contributed by atoms with E-state index < -0.39 is 0 Å². The minimum Gasteiger partial charge on any atom is -0.497 e. The van der Waals surface area contributed by atoms with Crippen LogP contribution in [0.25, 0.3) is 0 Å². The lowest BCUT2D eigenvalue weighted by Crippen LogP contribution is -1.84. The Morgan fingerprint density at radius 3 is 1.77 bits per heavy atom. The second-order valence-corrected chi connectivity index (χ2v) is 2.00. The van der Waals surface area contributed by atoms with E-state index in [9.17, 15) is 0 Å². The fourth-order valence-corrected chi connectivity index (χ4v) is 0.728. The van der Waals surface area contributed by atoms with Crippen LogP contribution in [0.15, 0.2) is 24.3 Å². The summed E-state index contributed by atoms with van der Waals surface area (Å²) in [7, 11) is 3.27. The molecule has 0 spiro atoms. The zero-order valence-corrected chi connectivity index (χ0v) is 7.60. The van der Waals surface area contributed by atoms with Gasteiger partial charge in [-0.05, 0) is 12.1 Å². The maximum absolute atomic E-state index is 7.00. The maximum Gasteiger partial charge on any atom is 0.482 e. The molecule has 1 radical (unpaired) electrons. The summed E-state index contributed by atoms with van der Waals surface area (Å²) in [5, 5.41) is 14.0. The van der Waals surface area contributed by atoms with Gasteiger partial charge in [-0.2, -0.15) is 0 Å². The molecular formula is C8H12BO4. The zero-order valence-electron chi connectivity index (χ0n) is 7.60. The molecule has 13 heavy (non-hydrogen) atoms. The smallest absolute Gasteiger partial charge is 0.482 e. The predicted octanol–water partition coefficient (Wildman–Crippen LogP) is 0.209. The van der Waals surface area contributed by atoms with Gasteiger partial charge in [-0.25, -0.2) is 0 Å². The van der Waals surface area contributed by atoms with Crippen molar-refractivity contribution in [3.63, 3.8) is 0 Å². The molecule has 0 aliphatic heterocycles. The number of rotatable bonds is 2. The molecule has 0 heterocycles. The number of methoxy groups -OCH3 is 2. The van der Waals surface area contributed by atoms with Gasteiger partial charge in [-0.1, -0.05) is 6.07 Å². The minimum atomic E-state index is 0. The summed E-state index contributed by atoms with van der Waals surface area (Å²) >= 11 is 0. The summed E-state index contributed by atoms with van der Waals surface area (Å²) in [5.74, 6) is 1.64. The molecule has 0 bridgehead atoms. The first-order chi connectivity index (χ1) is 6.28. The first-order valence-corrected chi connectivity index (χ1v) is 3.56. The lowest BCUT2D eigenvalue weighted by atomic mass is 10.3. The Morgan fingerprint density at radius 1 is 1.08 bits per heavy atom. The molecule has 71 valence electrons. The van der Waals surface area contributed by atoms with Gasteiger partial charge in [-0.15, -0.1) is 0 Å². The summed E-state index contributed by atoms with van der Waals surface area (Å²) in [6, 6.07) is 7.47. The van der Waals surface area contributed by atoms with Crippen LogP contribution < -0.4 is 9.47 Å². The lowest BCUT2D eigenvalue weighted by molar-refractivity contribution is 0.394. The van der Waals surface area contributed by atoms with Gasteiger partial charge in [-0.3, -0.25) is 0 Å². The molecule has 0 aliphatic rings. The van der Waals surface area contributed by atoms with Crippen LogP contribution in [0.5, 0.6) is 11.5 Å². The van der Waals surface area contributed by atoms with Gasteiger partial charge in [0.2, 0.25) is 0 Å². The first-order valence-electron chi connectivity index (χ1n) is 3.56. The quantitative estimate of drug-likeness (QED) is 0.643. The standard InChI is InChI=1S/C8H10O2.BH2O2/c1-9-7-4-3-5-8(6-7)10-2;2-1-3/h3-6H,1-2H3;2-3H. The van der Waals surface area contributed by atoms with E-state index in [0.29, 0.717) is 0 Å². The molecule has 0 unspecified atom stereocenters. The highest BCUT2D eigenvalue weighted by Crippen LogP contribution is 2.17.